The Bertz CT molecular complexity index is 461. The van der Waals surface area contributed by atoms with Crippen LogP contribution >= 0.6 is 0 Å². The van der Waals surface area contributed by atoms with Crippen molar-refractivity contribution in [3.8, 4) is 11.5 Å². The largest absolute Gasteiger partial charge is 0.504 e. The highest BCUT2D eigenvalue weighted by Gasteiger charge is 2.23. The zero-order chi connectivity index (χ0) is 13.8. The molecule has 1 aromatic carbocycles. The lowest BCUT2D eigenvalue weighted by atomic mass is 10.0. The van der Waals surface area contributed by atoms with Crippen LogP contribution < -0.4 is 0 Å². The molecule has 1 aromatic rings. The molecular weight excluding hydrogens is 246 g/mol. The topological polar surface area (TPSA) is 81.0 Å². The zero-order valence-corrected chi connectivity index (χ0v) is 10.7. The minimum atomic E-state index is -0.734. The van der Waals surface area contributed by atoms with Gasteiger partial charge in [-0.15, -0.1) is 0 Å². The van der Waals surface area contributed by atoms with Gasteiger partial charge in [-0.2, -0.15) is 0 Å². The van der Waals surface area contributed by atoms with Gasteiger partial charge in [0.1, 0.15) is 0 Å². The molecule has 0 aliphatic carbocycles. The number of aliphatic carboxylic acids is 1. The molecule has 3 N–H and O–H groups in total. The molecule has 0 aromatic heterocycles. The SMILES string of the molecule is O=C(O)CCC1CCN(Cc2ccc(O)c(O)c2)C1. The Morgan fingerprint density at radius 3 is 2.79 bits per heavy atom. The van der Waals surface area contributed by atoms with Crippen LogP contribution in [0, 0.1) is 5.92 Å². The van der Waals surface area contributed by atoms with Crippen molar-refractivity contribution in [1.29, 1.82) is 0 Å². The van der Waals surface area contributed by atoms with Gasteiger partial charge in [-0.1, -0.05) is 6.07 Å². The summed E-state index contributed by atoms with van der Waals surface area (Å²) in [6, 6.07) is 4.85. The molecule has 1 aliphatic heterocycles. The van der Waals surface area contributed by atoms with E-state index in [-0.39, 0.29) is 17.9 Å². The number of hydrogen-bond acceptors (Lipinski definition) is 4. The lowest BCUT2D eigenvalue weighted by molar-refractivity contribution is -0.137. The highest BCUT2D eigenvalue weighted by atomic mass is 16.4. The Kier molecular flexibility index (Phi) is 4.27. The van der Waals surface area contributed by atoms with Crippen molar-refractivity contribution in [1.82, 2.24) is 4.90 Å². The van der Waals surface area contributed by atoms with Gasteiger partial charge in [0.25, 0.3) is 0 Å². The van der Waals surface area contributed by atoms with Crippen molar-refractivity contribution >= 4 is 5.97 Å². The zero-order valence-electron chi connectivity index (χ0n) is 10.7. The summed E-state index contributed by atoms with van der Waals surface area (Å²) in [5.74, 6) is -0.493. The van der Waals surface area contributed by atoms with E-state index in [0.717, 1.165) is 38.0 Å². The Hall–Kier alpha value is -1.75. The summed E-state index contributed by atoms with van der Waals surface area (Å²) in [7, 11) is 0. The first-order chi connectivity index (χ1) is 9.04. The number of benzene rings is 1. The number of nitrogens with zero attached hydrogens (tertiary/aromatic N) is 1. The summed E-state index contributed by atoms with van der Waals surface area (Å²) in [5, 5.41) is 27.4. The number of carbonyl (C=O) groups is 1. The maximum Gasteiger partial charge on any atom is 0.303 e. The van der Waals surface area contributed by atoms with E-state index in [2.05, 4.69) is 4.90 Å². The van der Waals surface area contributed by atoms with E-state index in [4.69, 9.17) is 5.11 Å². The number of phenols is 2. The van der Waals surface area contributed by atoms with Crippen molar-refractivity contribution in [2.24, 2.45) is 5.92 Å². The molecular formula is C14H19NO4. The van der Waals surface area contributed by atoms with Crippen molar-refractivity contribution in [2.45, 2.75) is 25.8 Å². The molecule has 0 spiro atoms. The number of phenolic OH excluding ortho intramolecular Hbond substituents is 2. The molecule has 5 nitrogen and oxygen atoms in total. The van der Waals surface area contributed by atoms with Crippen LogP contribution in [0.25, 0.3) is 0 Å². The smallest absolute Gasteiger partial charge is 0.303 e. The minimum absolute atomic E-state index is 0.0980. The van der Waals surface area contributed by atoms with Crippen LogP contribution in [0.4, 0.5) is 0 Å². The third-order valence-corrected chi connectivity index (χ3v) is 3.58. The van der Waals surface area contributed by atoms with E-state index in [1.165, 1.54) is 6.07 Å². The summed E-state index contributed by atoms with van der Waals surface area (Å²) in [6.07, 6.45) is 1.99. The quantitative estimate of drug-likeness (QED) is 0.707. The molecule has 2 rings (SSSR count). The Morgan fingerprint density at radius 2 is 2.11 bits per heavy atom. The number of carboxylic acid groups (broad SMARTS) is 1. The van der Waals surface area contributed by atoms with Gasteiger partial charge in [0, 0.05) is 19.5 Å². The van der Waals surface area contributed by atoms with E-state index in [1.807, 2.05) is 0 Å². The third-order valence-electron chi connectivity index (χ3n) is 3.58. The second-order valence-corrected chi connectivity index (χ2v) is 5.15. The van der Waals surface area contributed by atoms with Crippen LogP contribution in [-0.4, -0.2) is 39.3 Å². The van der Waals surface area contributed by atoms with Crippen LogP contribution in [0.1, 0.15) is 24.8 Å². The number of rotatable bonds is 5. The predicted molar refractivity (Wildman–Crippen MR) is 70.0 cm³/mol. The number of carboxylic acids is 1. The molecule has 1 fully saturated rings. The first-order valence-electron chi connectivity index (χ1n) is 6.49. The summed E-state index contributed by atoms with van der Waals surface area (Å²) in [5.41, 5.74) is 0.953. The maximum atomic E-state index is 10.5. The normalized spacial score (nSPS) is 19.7. The molecule has 0 amide bonds. The average molecular weight is 265 g/mol. The summed E-state index contributed by atoms with van der Waals surface area (Å²) >= 11 is 0. The fourth-order valence-electron chi connectivity index (χ4n) is 2.55. The van der Waals surface area contributed by atoms with Crippen LogP contribution in [0.2, 0.25) is 0 Å². The van der Waals surface area contributed by atoms with Gasteiger partial charge < -0.3 is 15.3 Å². The number of aromatic hydroxyl groups is 2. The highest BCUT2D eigenvalue weighted by Crippen LogP contribution is 2.27. The van der Waals surface area contributed by atoms with E-state index in [1.54, 1.807) is 12.1 Å². The van der Waals surface area contributed by atoms with Gasteiger partial charge in [-0.3, -0.25) is 9.69 Å². The van der Waals surface area contributed by atoms with Crippen LogP contribution in [-0.2, 0) is 11.3 Å². The Balaban J connectivity index is 1.84. The average Bonchev–Trinajstić information content (AvgIpc) is 2.79. The van der Waals surface area contributed by atoms with Crippen molar-refractivity contribution < 1.29 is 20.1 Å². The fourth-order valence-corrected chi connectivity index (χ4v) is 2.55. The van der Waals surface area contributed by atoms with Crippen molar-refractivity contribution in [2.75, 3.05) is 13.1 Å². The van der Waals surface area contributed by atoms with Crippen LogP contribution in [0.3, 0.4) is 0 Å². The van der Waals surface area contributed by atoms with E-state index >= 15 is 0 Å². The lowest BCUT2D eigenvalue weighted by Gasteiger charge is -2.16. The standard InChI is InChI=1S/C14H19NO4/c16-12-3-1-11(7-13(12)17)9-15-6-5-10(8-15)2-4-14(18)19/h1,3,7,10,16-17H,2,4-6,8-9H2,(H,18,19). The summed E-state index contributed by atoms with van der Waals surface area (Å²) in [6.45, 7) is 2.57. The fraction of sp³-hybridized carbons (Fsp3) is 0.500. The second kappa shape index (κ2) is 5.93. The van der Waals surface area contributed by atoms with Gasteiger partial charge >= 0.3 is 5.97 Å². The number of hydrogen-bond donors (Lipinski definition) is 3. The molecule has 19 heavy (non-hydrogen) atoms. The monoisotopic (exact) mass is 265 g/mol. The molecule has 104 valence electrons. The van der Waals surface area contributed by atoms with Crippen LogP contribution in [0.5, 0.6) is 11.5 Å². The Labute approximate surface area is 112 Å². The van der Waals surface area contributed by atoms with E-state index in [9.17, 15) is 15.0 Å². The lowest BCUT2D eigenvalue weighted by Crippen LogP contribution is -2.20. The van der Waals surface area contributed by atoms with Gasteiger partial charge in [0.05, 0.1) is 0 Å². The molecule has 1 unspecified atom stereocenters. The molecule has 1 aliphatic rings. The Morgan fingerprint density at radius 1 is 1.32 bits per heavy atom. The summed E-state index contributed by atoms with van der Waals surface area (Å²) < 4.78 is 0. The van der Waals surface area contributed by atoms with Gasteiger partial charge in [-0.05, 0) is 43.0 Å². The molecule has 1 atom stereocenters. The van der Waals surface area contributed by atoms with Crippen molar-refractivity contribution in [3.05, 3.63) is 23.8 Å². The number of likely N-dealkylation sites (tertiary alicyclic amines) is 1. The first-order valence-corrected chi connectivity index (χ1v) is 6.49. The van der Waals surface area contributed by atoms with E-state index < -0.39 is 5.97 Å². The molecule has 0 bridgehead atoms. The first kappa shape index (κ1) is 13.7. The van der Waals surface area contributed by atoms with Gasteiger partial charge in [0.15, 0.2) is 11.5 Å². The van der Waals surface area contributed by atoms with E-state index in [0.29, 0.717) is 5.92 Å². The summed E-state index contributed by atoms with van der Waals surface area (Å²) in [4.78, 5) is 12.8. The van der Waals surface area contributed by atoms with Crippen LogP contribution in [0.15, 0.2) is 18.2 Å². The molecule has 0 radical (unpaired) electrons. The molecule has 1 saturated heterocycles. The second-order valence-electron chi connectivity index (χ2n) is 5.15. The molecule has 5 heteroatoms. The van der Waals surface area contributed by atoms with Gasteiger partial charge in [-0.25, -0.2) is 0 Å². The van der Waals surface area contributed by atoms with Gasteiger partial charge in [0.2, 0.25) is 0 Å². The highest BCUT2D eigenvalue weighted by molar-refractivity contribution is 5.66. The van der Waals surface area contributed by atoms with Crippen molar-refractivity contribution in [3.63, 3.8) is 0 Å². The molecule has 1 heterocycles. The third kappa shape index (κ3) is 3.86. The molecule has 0 saturated carbocycles. The maximum absolute atomic E-state index is 10.5. The minimum Gasteiger partial charge on any atom is -0.504 e. The predicted octanol–water partition coefficient (Wildman–Crippen LogP) is 1.78.